The monoisotopic (exact) mass is 378 g/mol. The second-order valence-corrected chi connectivity index (χ2v) is 7.79. The number of rotatable bonds is 8. The third kappa shape index (κ3) is 5.64. The zero-order valence-electron chi connectivity index (χ0n) is 14.9. The first kappa shape index (κ1) is 20.1. The lowest BCUT2D eigenvalue weighted by atomic mass is 10.1. The van der Waals surface area contributed by atoms with E-state index in [1.54, 1.807) is 11.9 Å². The van der Waals surface area contributed by atoms with E-state index in [4.69, 9.17) is 0 Å². The number of carbonyl (C=O) groups is 1. The van der Waals surface area contributed by atoms with Crippen molar-refractivity contribution in [2.24, 2.45) is 0 Å². The molecule has 0 aliphatic rings. The number of hydrogen-bond donors (Lipinski definition) is 1. The van der Waals surface area contributed by atoms with Gasteiger partial charge in [0, 0.05) is 26.6 Å². The van der Waals surface area contributed by atoms with Crippen LogP contribution in [0.15, 0.2) is 53.4 Å². The van der Waals surface area contributed by atoms with Crippen LogP contribution in [-0.4, -0.2) is 32.8 Å². The summed E-state index contributed by atoms with van der Waals surface area (Å²) in [7, 11) is -2.07. The molecule has 0 atom stereocenters. The normalized spacial score (nSPS) is 11.3. The molecule has 2 aromatic rings. The third-order valence-electron chi connectivity index (χ3n) is 4.03. The minimum atomic E-state index is -3.75. The van der Waals surface area contributed by atoms with Gasteiger partial charge in [-0.25, -0.2) is 17.5 Å². The summed E-state index contributed by atoms with van der Waals surface area (Å²) >= 11 is 0. The Balaban J connectivity index is 1.84. The summed E-state index contributed by atoms with van der Waals surface area (Å²) in [4.78, 5) is 13.7. The van der Waals surface area contributed by atoms with Crippen LogP contribution in [0.2, 0.25) is 0 Å². The molecular formula is C19H23FN2O3S. The van der Waals surface area contributed by atoms with E-state index in [1.165, 1.54) is 17.7 Å². The van der Waals surface area contributed by atoms with Gasteiger partial charge in [0.15, 0.2) is 0 Å². The van der Waals surface area contributed by atoms with Crippen LogP contribution in [0.1, 0.15) is 24.5 Å². The summed E-state index contributed by atoms with van der Waals surface area (Å²) in [6, 6.07) is 12.6. The van der Waals surface area contributed by atoms with Crippen LogP contribution in [0, 0.1) is 5.82 Å². The Bertz CT molecular complexity index is 834. The van der Waals surface area contributed by atoms with Crippen molar-refractivity contribution in [2.75, 3.05) is 13.6 Å². The summed E-state index contributed by atoms with van der Waals surface area (Å²) in [5.74, 6) is -0.668. The number of nitrogens with one attached hydrogen (secondary N) is 1. The van der Waals surface area contributed by atoms with Crippen LogP contribution in [0.5, 0.6) is 0 Å². The average Bonchev–Trinajstić information content (AvgIpc) is 2.62. The smallest absolute Gasteiger partial charge is 0.240 e. The van der Waals surface area contributed by atoms with E-state index in [-0.39, 0.29) is 23.8 Å². The minimum absolute atomic E-state index is 0.0162. The number of halogens is 1. The summed E-state index contributed by atoms with van der Waals surface area (Å²) in [5, 5.41) is 0. The van der Waals surface area contributed by atoms with Crippen molar-refractivity contribution >= 4 is 15.9 Å². The molecule has 5 nitrogen and oxygen atoms in total. The maximum Gasteiger partial charge on any atom is 0.240 e. The molecule has 0 heterocycles. The Morgan fingerprint density at radius 2 is 1.62 bits per heavy atom. The topological polar surface area (TPSA) is 66.5 Å². The van der Waals surface area contributed by atoms with E-state index < -0.39 is 15.8 Å². The molecule has 0 radical (unpaired) electrons. The molecule has 0 aliphatic heterocycles. The second-order valence-electron chi connectivity index (χ2n) is 6.02. The fraction of sp³-hybridized carbons (Fsp3) is 0.316. The van der Waals surface area contributed by atoms with Crippen molar-refractivity contribution in [2.45, 2.75) is 31.2 Å². The zero-order valence-corrected chi connectivity index (χ0v) is 15.7. The van der Waals surface area contributed by atoms with Crippen molar-refractivity contribution in [1.82, 2.24) is 9.62 Å². The largest absolute Gasteiger partial charge is 0.341 e. The van der Waals surface area contributed by atoms with Gasteiger partial charge in [-0.15, -0.1) is 0 Å². The molecule has 0 bridgehead atoms. The fourth-order valence-corrected chi connectivity index (χ4v) is 3.45. The molecule has 0 saturated carbocycles. The maximum absolute atomic E-state index is 12.9. The van der Waals surface area contributed by atoms with Gasteiger partial charge in [0.05, 0.1) is 4.90 Å². The molecule has 2 aromatic carbocycles. The van der Waals surface area contributed by atoms with Crippen molar-refractivity contribution < 1.29 is 17.6 Å². The molecule has 0 aliphatic carbocycles. The quantitative estimate of drug-likeness (QED) is 0.768. The Hall–Kier alpha value is -2.25. The molecular weight excluding hydrogens is 355 g/mol. The first-order chi connectivity index (χ1) is 12.3. The molecule has 140 valence electrons. The van der Waals surface area contributed by atoms with E-state index in [0.717, 1.165) is 24.1 Å². The number of sulfonamides is 1. The first-order valence-electron chi connectivity index (χ1n) is 8.39. The predicted octanol–water partition coefficient (Wildman–Crippen LogP) is 2.72. The molecule has 1 N–H and O–H groups in total. The molecule has 0 unspecified atom stereocenters. The predicted molar refractivity (Wildman–Crippen MR) is 98.5 cm³/mol. The van der Waals surface area contributed by atoms with Crippen LogP contribution in [0.25, 0.3) is 0 Å². The average molecular weight is 378 g/mol. The molecule has 26 heavy (non-hydrogen) atoms. The van der Waals surface area contributed by atoms with Crippen LogP contribution < -0.4 is 4.72 Å². The highest BCUT2D eigenvalue weighted by Gasteiger charge is 2.15. The standard InChI is InChI=1S/C19H23FN2O3S/c1-3-15-4-6-16(7-5-15)14-22(2)19(23)12-13-21-26(24,25)18-10-8-17(20)9-11-18/h4-11,21H,3,12-14H2,1-2H3. The number of carbonyl (C=O) groups excluding carboxylic acids is 1. The summed E-state index contributed by atoms with van der Waals surface area (Å²) in [6.07, 6.45) is 1.01. The van der Waals surface area contributed by atoms with Gasteiger partial charge in [-0.2, -0.15) is 0 Å². The van der Waals surface area contributed by atoms with Crippen LogP contribution >= 0.6 is 0 Å². The van der Waals surface area contributed by atoms with Gasteiger partial charge in [0.1, 0.15) is 5.82 Å². The highest BCUT2D eigenvalue weighted by molar-refractivity contribution is 7.89. The van der Waals surface area contributed by atoms with Gasteiger partial charge in [-0.1, -0.05) is 31.2 Å². The van der Waals surface area contributed by atoms with Crippen LogP contribution in [0.4, 0.5) is 4.39 Å². The van der Waals surface area contributed by atoms with Crippen LogP contribution in [0.3, 0.4) is 0 Å². The van der Waals surface area contributed by atoms with Crippen LogP contribution in [-0.2, 0) is 27.8 Å². The maximum atomic E-state index is 12.9. The van der Waals surface area contributed by atoms with E-state index >= 15 is 0 Å². The van der Waals surface area contributed by atoms with Gasteiger partial charge in [0.2, 0.25) is 15.9 Å². The molecule has 0 aromatic heterocycles. The molecule has 1 amide bonds. The van der Waals surface area contributed by atoms with Crippen molar-refractivity contribution in [3.63, 3.8) is 0 Å². The van der Waals surface area contributed by atoms with Crippen molar-refractivity contribution in [3.05, 3.63) is 65.5 Å². The lowest BCUT2D eigenvalue weighted by Gasteiger charge is -2.17. The number of nitrogens with zero attached hydrogens (tertiary/aromatic N) is 1. The van der Waals surface area contributed by atoms with Gasteiger partial charge in [-0.3, -0.25) is 4.79 Å². The Morgan fingerprint density at radius 3 is 2.19 bits per heavy atom. The van der Waals surface area contributed by atoms with Gasteiger partial charge in [-0.05, 0) is 41.8 Å². The fourth-order valence-electron chi connectivity index (χ4n) is 2.42. The highest BCUT2D eigenvalue weighted by Crippen LogP contribution is 2.10. The van der Waals surface area contributed by atoms with Crippen molar-refractivity contribution in [3.8, 4) is 0 Å². The highest BCUT2D eigenvalue weighted by atomic mass is 32.2. The van der Waals surface area contributed by atoms with Crippen molar-refractivity contribution in [1.29, 1.82) is 0 Å². The number of benzene rings is 2. The first-order valence-corrected chi connectivity index (χ1v) is 9.87. The molecule has 7 heteroatoms. The Kier molecular flexibility index (Phi) is 6.88. The van der Waals surface area contributed by atoms with E-state index in [1.807, 2.05) is 24.3 Å². The zero-order chi connectivity index (χ0) is 19.2. The Morgan fingerprint density at radius 1 is 1.04 bits per heavy atom. The van der Waals surface area contributed by atoms with E-state index in [9.17, 15) is 17.6 Å². The summed E-state index contributed by atoms with van der Waals surface area (Å²) in [5.41, 5.74) is 2.25. The molecule has 0 saturated heterocycles. The Labute approximate surface area is 153 Å². The van der Waals surface area contributed by atoms with E-state index in [0.29, 0.717) is 6.54 Å². The minimum Gasteiger partial charge on any atom is -0.341 e. The molecule has 2 rings (SSSR count). The number of aryl methyl sites for hydroxylation is 1. The van der Waals surface area contributed by atoms with Gasteiger partial charge >= 0.3 is 0 Å². The van der Waals surface area contributed by atoms with Gasteiger partial charge in [0.25, 0.3) is 0 Å². The van der Waals surface area contributed by atoms with E-state index in [2.05, 4.69) is 11.6 Å². The third-order valence-corrected chi connectivity index (χ3v) is 5.51. The number of amides is 1. The second kappa shape index (κ2) is 8.91. The lowest BCUT2D eigenvalue weighted by Crippen LogP contribution is -2.31. The molecule has 0 fully saturated rings. The summed E-state index contributed by atoms with van der Waals surface area (Å²) in [6.45, 7) is 2.53. The molecule has 0 spiro atoms. The lowest BCUT2D eigenvalue weighted by molar-refractivity contribution is -0.130. The SMILES string of the molecule is CCc1ccc(CN(C)C(=O)CCNS(=O)(=O)c2ccc(F)cc2)cc1. The summed E-state index contributed by atoms with van der Waals surface area (Å²) < 4.78 is 39.4. The van der Waals surface area contributed by atoms with Gasteiger partial charge < -0.3 is 4.90 Å². The number of hydrogen-bond acceptors (Lipinski definition) is 3.